The van der Waals surface area contributed by atoms with E-state index in [0.717, 1.165) is 0 Å². The number of nitro benzene ring substituents is 1. The van der Waals surface area contributed by atoms with Crippen LogP contribution in [0, 0.1) is 16.0 Å². The van der Waals surface area contributed by atoms with Crippen molar-refractivity contribution in [3.8, 4) is 0 Å². The van der Waals surface area contributed by atoms with Gasteiger partial charge >= 0.3 is 0 Å². The zero-order valence-corrected chi connectivity index (χ0v) is 11.8. The number of carbonyl (C=O) groups excluding carboxylic acids is 1. The third-order valence-corrected chi connectivity index (χ3v) is 3.62. The Morgan fingerprint density at radius 1 is 1.50 bits per heavy atom. The van der Waals surface area contributed by atoms with Crippen molar-refractivity contribution in [2.75, 3.05) is 12.3 Å². The molecule has 1 aromatic rings. The minimum absolute atomic E-state index is 0.0829. The zero-order chi connectivity index (χ0) is 15.5. The lowest BCUT2D eigenvalue weighted by Crippen LogP contribution is -2.55. The molecule has 5 N–H and O–H groups in total. The number of nitro groups is 1. The molecule has 0 bridgehead atoms. The molecule has 1 atom stereocenters. The molecule has 1 amide bonds. The van der Waals surface area contributed by atoms with Crippen molar-refractivity contribution in [3.05, 3.63) is 33.9 Å². The standard InChI is InChI=1S/C13H20N4O3/c1-8(2)13(3,7-14)16-12(18)9-5-4-6-10(11(9)15)17(19)20/h4-6,8H,7,14-15H2,1-3H3,(H,16,18). The van der Waals surface area contributed by atoms with Crippen molar-refractivity contribution in [1.82, 2.24) is 5.32 Å². The molecule has 0 radical (unpaired) electrons. The molecular weight excluding hydrogens is 260 g/mol. The van der Waals surface area contributed by atoms with E-state index >= 15 is 0 Å². The number of para-hydroxylation sites is 1. The van der Waals surface area contributed by atoms with Crippen molar-refractivity contribution in [1.29, 1.82) is 0 Å². The second-order valence-corrected chi connectivity index (χ2v) is 5.23. The number of anilines is 1. The third kappa shape index (κ3) is 3.05. The van der Waals surface area contributed by atoms with Crippen LogP contribution in [0.15, 0.2) is 18.2 Å². The number of benzene rings is 1. The highest BCUT2D eigenvalue weighted by Gasteiger charge is 2.30. The third-order valence-electron chi connectivity index (χ3n) is 3.62. The minimum atomic E-state index is -0.614. The van der Waals surface area contributed by atoms with Crippen molar-refractivity contribution in [2.24, 2.45) is 11.7 Å². The second kappa shape index (κ2) is 5.87. The van der Waals surface area contributed by atoms with Gasteiger partial charge in [-0.15, -0.1) is 0 Å². The van der Waals surface area contributed by atoms with Gasteiger partial charge in [-0.1, -0.05) is 19.9 Å². The number of nitrogens with one attached hydrogen (secondary N) is 1. The maximum Gasteiger partial charge on any atom is 0.292 e. The van der Waals surface area contributed by atoms with Gasteiger partial charge in [-0.2, -0.15) is 0 Å². The van der Waals surface area contributed by atoms with Crippen LogP contribution in [0.3, 0.4) is 0 Å². The summed E-state index contributed by atoms with van der Waals surface area (Å²) in [5.74, 6) is -0.357. The van der Waals surface area contributed by atoms with Gasteiger partial charge in [-0.05, 0) is 18.9 Å². The van der Waals surface area contributed by atoms with Crippen LogP contribution in [-0.4, -0.2) is 22.9 Å². The van der Waals surface area contributed by atoms with E-state index in [-0.39, 0.29) is 29.4 Å². The average molecular weight is 280 g/mol. The fraction of sp³-hybridized carbons (Fsp3) is 0.462. The lowest BCUT2D eigenvalue weighted by molar-refractivity contribution is -0.383. The van der Waals surface area contributed by atoms with Gasteiger partial charge in [0, 0.05) is 12.6 Å². The number of nitrogen functional groups attached to an aromatic ring is 1. The number of amides is 1. The summed E-state index contributed by atoms with van der Waals surface area (Å²) < 4.78 is 0. The molecule has 1 aromatic carbocycles. The lowest BCUT2D eigenvalue weighted by Gasteiger charge is -2.33. The highest BCUT2D eigenvalue weighted by Crippen LogP contribution is 2.25. The van der Waals surface area contributed by atoms with Crippen molar-refractivity contribution in [3.63, 3.8) is 0 Å². The van der Waals surface area contributed by atoms with Crippen molar-refractivity contribution >= 4 is 17.3 Å². The maximum atomic E-state index is 12.3. The molecule has 1 unspecified atom stereocenters. The van der Waals surface area contributed by atoms with Gasteiger partial charge in [0.05, 0.1) is 16.0 Å². The summed E-state index contributed by atoms with van der Waals surface area (Å²) >= 11 is 0. The highest BCUT2D eigenvalue weighted by atomic mass is 16.6. The molecule has 7 heteroatoms. The number of carbonyl (C=O) groups is 1. The van der Waals surface area contributed by atoms with Crippen LogP contribution in [-0.2, 0) is 0 Å². The van der Waals surface area contributed by atoms with Gasteiger partial charge < -0.3 is 16.8 Å². The zero-order valence-electron chi connectivity index (χ0n) is 11.8. The molecule has 0 aliphatic rings. The van der Waals surface area contributed by atoms with Crippen LogP contribution in [0.4, 0.5) is 11.4 Å². The first kappa shape index (κ1) is 15.9. The first-order chi connectivity index (χ1) is 9.23. The molecule has 0 fully saturated rings. The molecule has 0 spiro atoms. The summed E-state index contributed by atoms with van der Waals surface area (Å²) in [7, 11) is 0. The Balaban J connectivity index is 3.11. The summed E-state index contributed by atoms with van der Waals surface area (Å²) in [6, 6.07) is 4.14. The van der Waals surface area contributed by atoms with E-state index in [1.54, 1.807) is 0 Å². The van der Waals surface area contributed by atoms with Crippen LogP contribution < -0.4 is 16.8 Å². The predicted molar refractivity (Wildman–Crippen MR) is 77.3 cm³/mol. The topological polar surface area (TPSA) is 124 Å². The summed E-state index contributed by atoms with van der Waals surface area (Å²) in [4.78, 5) is 22.5. The van der Waals surface area contributed by atoms with Crippen LogP contribution in [0.2, 0.25) is 0 Å². The normalized spacial score (nSPS) is 13.8. The molecule has 0 heterocycles. The van der Waals surface area contributed by atoms with Crippen LogP contribution >= 0.6 is 0 Å². The van der Waals surface area contributed by atoms with Crippen molar-refractivity contribution in [2.45, 2.75) is 26.3 Å². The Bertz CT molecular complexity index is 530. The maximum absolute atomic E-state index is 12.3. The first-order valence-electron chi connectivity index (χ1n) is 6.28. The van der Waals surface area contributed by atoms with E-state index in [1.807, 2.05) is 20.8 Å². The molecule has 0 aliphatic carbocycles. The van der Waals surface area contributed by atoms with E-state index in [4.69, 9.17) is 11.5 Å². The molecule has 1 rings (SSSR count). The fourth-order valence-electron chi connectivity index (χ4n) is 1.67. The Kier molecular flexibility index (Phi) is 4.67. The number of hydrogen-bond acceptors (Lipinski definition) is 5. The Hall–Kier alpha value is -2.15. The largest absolute Gasteiger partial charge is 0.393 e. The molecular formula is C13H20N4O3. The SMILES string of the molecule is CC(C)C(C)(CN)NC(=O)c1cccc([N+](=O)[O-])c1N. The van der Waals surface area contributed by atoms with Gasteiger partial charge in [0.15, 0.2) is 0 Å². The first-order valence-corrected chi connectivity index (χ1v) is 6.28. The number of hydrogen-bond donors (Lipinski definition) is 3. The molecule has 110 valence electrons. The van der Waals surface area contributed by atoms with Gasteiger partial charge in [0.25, 0.3) is 11.6 Å². The summed E-state index contributed by atoms with van der Waals surface area (Å²) in [5, 5.41) is 13.6. The number of nitrogens with zero attached hydrogens (tertiary/aromatic N) is 1. The summed E-state index contributed by atoms with van der Waals surface area (Å²) in [6.45, 7) is 5.95. The van der Waals surface area contributed by atoms with Gasteiger partial charge in [-0.25, -0.2) is 0 Å². The Morgan fingerprint density at radius 2 is 2.10 bits per heavy atom. The van der Waals surface area contributed by atoms with Crippen LogP contribution in [0.1, 0.15) is 31.1 Å². The molecule has 7 nitrogen and oxygen atoms in total. The lowest BCUT2D eigenvalue weighted by atomic mass is 9.88. The highest BCUT2D eigenvalue weighted by molar-refractivity contribution is 6.01. The van der Waals surface area contributed by atoms with Gasteiger partial charge in [0.1, 0.15) is 5.69 Å². The monoisotopic (exact) mass is 280 g/mol. The van der Waals surface area contributed by atoms with E-state index in [1.165, 1.54) is 18.2 Å². The molecule has 20 heavy (non-hydrogen) atoms. The smallest absolute Gasteiger partial charge is 0.292 e. The molecule has 0 saturated heterocycles. The number of nitrogens with two attached hydrogens (primary N) is 2. The van der Waals surface area contributed by atoms with E-state index < -0.39 is 16.4 Å². The molecule has 0 saturated carbocycles. The minimum Gasteiger partial charge on any atom is -0.393 e. The Labute approximate surface area is 117 Å². The fourth-order valence-corrected chi connectivity index (χ4v) is 1.67. The molecule has 0 aromatic heterocycles. The quantitative estimate of drug-likeness (QED) is 0.425. The predicted octanol–water partition coefficient (Wildman–Crippen LogP) is 1.28. The summed E-state index contributed by atoms with van der Waals surface area (Å²) in [5.41, 5.74) is 10.4. The number of rotatable bonds is 5. The summed E-state index contributed by atoms with van der Waals surface area (Å²) in [6.07, 6.45) is 0. The van der Waals surface area contributed by atoms with E-state index in [2.05, 4.69) is 5.32 Å². The van der Waals surface area contributed by atoms with Gasteiger partial charge in [-0.3, -0.25) is 14.9 Å². The molecule has 0 aliphatic heterocycles. The van der Waals surface area contributed by atoms with Crippen molar-refractivity contribution < 1.29 is 9.72 Å². The van der Waals surface area contributed by atoms with Gasteiger partial charge in [0.2, 0.25) is 0 Å². The van der Waals surface area contributed by atoms with Crippen LogP contribution in [0.25, 0.3) is 0 Å². The van der Waals surface area contributed by atoms with E-state index in [0.29, 0.717) is 0 Å². The van der Waals surface area contributed by atoms with E-state index in [9.17, 15) is 14.9 Å². The second-order valence-electron chi connectivity index (χ2n) is 5.23. The Morgan fingerprint density at radius 3 is 2.55 bits per heavy atom. The average Bonchev–Trinajstić information content (AvgIpc) is 2.37. The van der Waals surface area contributed by atoms with Crippen LogP contribution in [0.5, 0.6) is 0 Å².